The highest BCUT2D eigenvalue weighted by molar-refractivity contribution is 7.89. The van der Waals surface area contributed by atoms with Crippen LogP contribution in [0.2, 0.25) is 0 Å². The van der Waals surface area contributed by atoms with Gasteiger partial charge in [0.05, 0.1) is 17.2 Å². The lowest BCUT2D eigenvalue weighted by Gasteiger charge is -2.18. The molecule has 0 saturated heterocycles. The van der Waals surface area contributed by atoms with E-state index < -0.39 is 22.1 Å². The van der Waals surface area contributed by atoms with Crippen LogP contribution in [0.5, 0.6) is 5.75 Å². The van der Waals surface area contributed by atoms with Crippen molar-refractivity contribution >= 4 is 27.8 Å². The summed E-state index contributed by atoms with van der Waals surface area (Å²) in [5.74, 6) is 0.433. The zero-order valence-electron chi connectivity index (χ0n) is 14.3. The molecule has 0 saturated carbocycles. The molecule has 0 bridgehead atoms. The average Bonchev–Trinajstić information content (AvgIpc) is 2.63. The number of anilines is 1. The molecule has 8 nitrogen and oxygen atoms in total. The summed E-state index contributed by atoms with van der Waals surface area (Å²) >= 11 is 0. The molecule has 2 N–H and O–H groups in total. The second-order valence-corrected chi connectivity index (χ2v) is 7.07. The average molecular weight is 377 g/mol. The Balaban J connectivity index is 2.06. The van der Waals surface area contributed by atoms with E-state index in [4.69, 9.17) is 4.74 Å². The van der Waals surface area contributed by atoms with E-state index in [9.17, 15) is 18.0 Å². The summed E-state index contributed by atoms with van der Waals surface area (Å²) in [4.78, 5) is 24.1. The molecule has 0 heterocycles. The summed E-state index contributed by atoms with van der Waals surface area (Å²) in [6, 6.07) is 12.2. The highest BCUT2D eigenvalue weighted by Crippen LogP contribution is 2.23. The molecule has 0 aliphatic heterocycles. The maximum absolute atomic E-state index is 12.4. The zero-order valence-corrected chi connectivity index (χ0v) is 15.1. The first-order valence-electron chi connectivity index (χ1n) is 7.74. The van der Waals surface area contributed by atoms with E-state index in [1.165, 1.54) is 24.3 Å². The molecule has 9 heteroatoms. The highest BCUT2D eigenvalue weighted by atomic mass is 32.2. The lowest BCUT2D eigenvalue weighted by Crippen LogP contribution is -2.45. The molecule has 0 spiro atoms. The normalized spacial score (nSPS) is 10.7. The first kappa shape index (κ1) is 19.3. The maximum atomic E-state index is 12.4. The molecule has 0 fully saturated rings. The third kappa shape index (κ3) is 4.51. The van der Waals surface area contributed by atoms with E-state index in [1.54, 1.807) is 37.3 Å². The van der Waals surface area contributed by atoms with Crippen molar-refractivity contribution in [3.05, 3.63) is 54.6 Å². The molecule has 2 aromatic rings. The molecule has 2 rings (SSSR count). The summed E-state index contributed by atoms with van der Waals surface area (Å²) in [7, 11) is -2.99. The van der Waals surface area contributed by atoms with Crippen LogP contribution in [-0.2, 0) is 10.0 Å². The number of rotatable bonds is 5. The predicted octanol–water partition coefficient (Wildman–Crippen LogP) is 2.65. The molecular formula is C17H19N3O5S. The van der Waals surface area contributed by atoms with E-state index in [0.29, 0.717) is 22.3 Å². The van der Waals surface area contributed by atoms with Gasteiger partial charge in [0.15, 0.2) is 0 Å². The Bertz CT molecular complexity index is 884. The Morgan fingerprint density at radius 2 is 1.65 bits per heavy atom. The SMILES string of the molecule is CCOc1ccccc1NC(=O)NC(=O)N(C)S(=O)(=O)c1ccccc1. The van der Waals surface area contributed by atoms with Crippen LogP contribution in [0.15, 0.2) is 59.5 Å². The van der Waals surface area contributed by atoms with Crippen LogP contribution >= 0.6 is 0 Å². The van der Waals surface area contributed by atoms with Gasteiger partial charge in [-0.15, -0.1) is 0 Å². The number of carbonyl (C=O) groups is 2. The van der Waals surface area contributed by atoms with E-state index in [-0.39, 0.29) is 4.90 Å². The van der Waals surface area contributed by atoms with Gasteiger partial charge in [0.1, 0.15) is 5.75 Å². The van der Waals surface area contributed by atoms with Crippen molar-refractivity contribution in [2.45, 2.75) is 11.8 Å². The molecule has 0 aromatic heterocycles. The summed E-state index contributed by atoms with van der Waals surface area (Å²) < 4.78 is 30.6. The second-order valence-electron chi connectivity index (χ2n) is 5.10. The number of urea groups is 2. The van der Waals surface area contributed by atoms with E-state index in [1.807, 2.05) is 5.32 Å². The van der Waals surface area contributed by atoms with Crippen LogP contribution < -0.4 is 15.4 Å². The predicted molar refractivity (Wildman–Crippen MR) is 96.6 cm³/mol. The highest BCUT2D eigenvalue weighted by Gasteiger charge is 2.26. The van der Waals surface area contributed by atoms with Gasteiger partial charge in [-0.05, 0) is 31.2 Å². The Kier molecular flexibility index (Phi) is 6.18. The number of hydrogen-bond acceptors (Lipinski definition) is 5. The smallest absolute Gasteiger partial charge is 0.339 e. The quantitative estimate of drug-likeness (QED) is 0.833. The van der Waals surface area contributed by atoms with Crippen LogP contribution in [0.1, 0.15) is 6.92 Å². The van der Waals surface area contributed by atoms with Crippen molar-refractivity contribution in [2.24, 2.45) is 0 Å². The number of hydrogen-bond donors (Lipinski definition) is 2. The second kappa shape index (κ2) is 8.34. The summed E-state index contributed by atoms with van der Waals surface area (Å²) in [5.41, 5.74) is 0.355. The lowest BCUT2D eigenvalue weighted by molar-refractivity contribution is 0.223. The molecule has 0 radical (unpaired) electrons. The molecule has 0 aliphatic rings. The number of imide groups is 1. The zero-order chi connectivity index (χ0) is 19.2. The fraction of sp³-hybridized carbons (Fsp3) is 0.176. The Labute approximate surface area is 151 Å². The van der Waals surface area contributed by atoms with Crippen molar-refractivity contribution in [1.82, 2.24) is 9.62 Å². The third-order valence-corrected chi connectivity index (χ3v) is 5.10. The van der Waals surface area contributed by atoms with E-state index in [2.05, 4.69) is 5.32 Å². The minimum absolute atomic E-state index is 0.0558. The molecule has 138 valence electrons. The van der Waals surface area contributed by atoms with Gasteiger partial charge in [-0.1, -0.05) is 30.3 Å². The lowest BCUT2D eigenvalue weighted by atomic mass is 10.3. The van der Waals surface area contributed by atoms with Gasteiger partial charge in [0, 0.05) is 7.05 Å². The van der Waals surface area contributed by atoms with Crippen LogP contribution in [0.25, 0.3) is 0 Å². The molecule has 2 aromatic carbocycles. The van der Waals surface area contributed by atoms with E-state index >= 15 is 0 Å². The number of carbonyl (C=O) groups excluding carboxylic acids is 2. The molecular weight excluding hydrogens is 358 g/mol. The first-order valence-corrected chi connectivity index (χ1v) is 9.18. The molecule has 26 heavy (non-hydrogen) atoms. The number of amides is 4. The molecule has 0 unspecified atom stereocenters. The van der Waals surface area contributed by atoms with Crippen molar-refractivity contribution in [3.63, 3.8) is 0 Å². The van der Waals surface area contributed by atoms with Crippen LogP contribution in [-0.4, -0.2) is 38.4 Å². The molecule has 0 atom stereocenters. The van der Waals surface area contributed by atoms with E-state index in [0.717, 1.165) is 7.05 Å². The molecule has 4 amide bonds. The van der Waals surface area contributed by atoms with Crippen molar-refractivity contribution in [1.29, 1.82) is 0 Å². The van der Waals surface area contributed by atoms with Crippen molar-refractivity contribution in [2.75, 3.05) is 19.0 Å². The van der Waals surface area contributed by atoms with Gasteiger partial charge >= 0.3 is 12.1 Å². The van der Waals surface area contributed by atoms with Gasteiger partial charge in [-0.2, -0.15) is 0 Å². The Hall–Kier alpha value is -3.07. The number of ether oxygens (including phenoxy) is 1. The largest absolute Gasteiger partial charge is 0.492 e. The topological polar surface area (TPSA) is 105 Å². The standard InChI is InChI=1S/C17H19N3O5S/c1-3-25-15-12-8-7-11-14(15)18-16(21)19-17(22)20(2)26(23,24)13-9-5-4-6-10-13/h4-12H,3H2,1-2H3,(H2,18,19,21,22). The molecule has 0 aliphatic carbocycles. The monoisotopic (exact) mass is 377 g/mol. The fourth-order valence-corrected chi connectivity index (χ4v) is 3.12. The van der Waals surface area contributed by atoms with Crippen molar-refractivity contribution < 1.29 is 22.7 Å². The van der Waals surface area contributed by atoms with Crippen LogP contribution in [0.4, 0.5) is 15.3 Å². The van der Waals surface area contributed by atoms with Crippen molar-refractivity contribution in [3.8, 4) is 5.75 Å². The van der Waals surface area contributed by atoms with Gasteiger partial charge in [-0.3, -0.25) is 5.32 Å². The number of benzene rings is 2. The van der Waals surface area contributed by atoms with Gasteiger partial charge in [0.25, 0.3) is 10.0 Å². The Morgan fingerprint density at radius 3 is 2.31 bits per heavy atom. The number of sulfonamides is 1. The fourth-order valence-electron chi connectivity index (χ4n) is 2.04. The third-order valence-electron chi connectivity index (χ3n) is 3.34. The summed E-state index contributed by atoms with van der Waals surface area (Å²) in [6.07, 6.45) is 0. The summed E-state index contributed by atoms with van der Waals surface area (Å²) in [5, 5.41) is 4.43. The first-order chi connectivity index (χ1) is 12.4. The van der Waals surface area contributed by atoms with Gasteiger partial charge in [0.2, 0.25) is 0 Å². The van der Waals surface area contributed by atoms with Crippen LogP contribution in [0.3, 0.4) is 0 Å². The number of nitrogens with zero attached hydrogens (tertiary/aromatic N) is 1. The number of para-hydroxylation sites is 2. The van der Waals surface area contributed by atoms with Gasteiger partial charge < -0.3 is 10.1 Å². The summed E-state index contributed by atoms with van der Waals surface area (Å²) in [6.45, 7) is 2.20. The maximum Gasteiger partial charge on any atom is 0.339 e. The van der Waals surface area contributed by atoms with Crippen LogP contribution in [0, 0.1) is 0 Å². The Morgan fingerprint density at radius 1 is 1.04 bits per heavy atom. The minimum Gasteiger partial charge on any atom is -0.492 e. The number of nitrogens with one attached hydrogen (secondary N) is 2. The van der Waals surface area contributed by atoms with Gasteiger partial charge in [-0.25, -0.2) is 22.3 Å². The minimum atomic E-state index is -4.06.